The molecule has 0 N–H and O–H groups in total. The van der Waals surface area contributed by atoms with E-state index in [-0.39, 0.29) is 6.10 Å². The van der Waals surface area contributed by atoms with Crippen LogP contribution in [0.4, 0.5) is 5.82 Å². The summed E-state index contributed by atoms with van der Waals surface area (Å²) >= 11 is 6.02. The molecule has 0 radical (unpaired) electrons. The number of hydrogen-bond acceptors (Lipinski definition) is 7. The molecule has 0 aliphatic carbocycles. The summed E-state index contributed by atoms with van der Waals surface area (Å²) < 4.78 is 16.5. The molecule has 0 saturated carbocycles. The van der Waals surface area contributed by atoms with E-state index in [2.05, 4.69) is 15.1 Å². The van der Waals surface area contributed by atoms with Crippen LogP contribution in [0.5, 0.6) is 0 Å². The molecule has 1 aliphatic rings. The molecule has 1 aliphatic heterocycles. The topological polar surface area (TPSA) is 73.5 Å². The molecule has 0 amide bonds. The van der Waals surface area contributed by atoms with Crippen molar-refractivity contribution in [3.05, 3.63) is 47.6 Å². The van der Waals surface area contributed by atoms with Crippen molar-refractivity contribution in [2.24, 2.45) is 0 Å². The fourth-order valence-corrected chi connectivity index (χ4v) is 3.06. The third-order valence-corrected chi connectivity index (χ3v) is 4.49. The average molecular weight is 387 g/mol. The van der Waals surface area contributed by atoms with Gasteiger partial charge in [-0.05, 0) is 24.3 Å². The quantitative estimate of drug-likeness (QED) is 0.666. The second-order valence-electron chi connectivity index (χ2n) is 6.29. The van der Waals surface area contributed by atoms with Crippen LogP contribution >= 0.6 is 11.6 Å². The zero-order valence-corrected chi connectivity index (χ0v) is 15.6. The Morgan fingerprint density at radius 2 is 2.11 bits per heavy atom. The van der Waals surface area contributed by atoms with Gasteiger partial charge in [0.25, 0.3) is 5.89 Å². The molecule has 0 bridgehead atoms. The smallest absolute Gasteiger partial charge is 0.259 e. The lowest BCUT2D eigenvalue weighted by Crippen LogP contribution is -2.38. The predicted molar refractivity (Wildman–Crippen MR) is 102 cm³/mol. The van der Waals surface area contributed by atoms with Crippen LogP contribution in [0.25, 0.3) is 22.8 Å². The molecule has 7 nitrogen and oxygen atoms in total. The lowest BCUT2D eigenvalue weighted by molar-refractivity contribution is -0.0837. The molecule has 3 aromatic rings. The van der Waals surface area contributed by atoms with Crippen LogP contribution < -0.4 is 4.90 Å². The van der Waals surface area contributed by atoms with Gasteiger partial charge in [-0.2, -0.15) is 4.98 Å². The van der Waals surface area contributed by atoms with Crippen LogP contribution in [0.3, 0.4) is 0 Å². The first-order chi connectivity index (χ1) is 13.2. The van der Waals surface area contributed by atoms with Gasteiger partial charge in [-0.25, -0.2) is 4.98 Å². The number of nitrogens with zero attached hydrogens (tertiary/aromatic N) is 4. The normalized spacial score (nSPS) is 17.0. The van der Waals surface area contributed by atoms with Crippen LogP contribution in [-0.2, 0) is 9.47 Å². The fourth-order valence-electron chi connectivity index (χ4n) is 2.86. The summed E-state index contributed by atoms with van der Waals surface area (Å²) in [7, 11) is 1.98. The maximum atomic E-state index is 6.02. The SMILES string of the molecule is CN(CC1COCCO1)c1ccc(-c2nc(-c3cccc(Cl)c3)no2)cn1. The molecule has 1 aromatic carbocycles. The van der Waals surface area contributed by atoms with E-state index >= 15 is 0 Å². The van der Waals surface area contributed by atoms with E-state index in [1.54, 1.807) is 18.3 Å². The van der Waals surface area contributed by atoms with Crippen LogP contribution in [0.15, 0.2) is 47.1 Å². The number of aromatic nitrogens is 3. The molecule has 4 rings (SSSR count). The van der Waals surface area contributed by atoms with E-state index in [9.17, 15) is 0 Å². The second-order valence-corrected chi connectivity index (χ2v) is 6.72. The standard InChI is InChI=1S/C19H19ClN4O3/c1-24(11-16-12-25-7-8-26-16)17-6-5-14(10-21-17)19-22-18(23-27-19)13-3-2-4-15(20)9-13/h2-6,9-10,16H,7-8,11-12H2,1H3. The van der Waals surface area contributed by atoms with Crippen molar-refractivity contribution >= 4 is 17.4 Å². The Labute approximate surface area is 161 Å². The van der Waals surface area contributed by atoms with Crippen molar-refractivity contribution in [3.8, 4) is 22.8 Å². The second kappa shape index (κ2) is 8.04. The Morgan fingerprint density at radius 1 is 1.19 bits per heavy atom. The minimum atomic E-state index is 0.0569. The van der Waals surface area contributed by atoms with Crippen LogP contribution in [0.1, 0.15) is 0 Å². The minimum absolute atomic E-state index is 0.0569. The monoisotopic (exact) mass is 386 g/mol. The number of rotatable bonds is 5. The van der Waals surface area contributed by atoms with Crippen molar-refractivity contribution in [1.29, 1.82) is 0 Å². The predicted octanol–water partition coefficient (Wildman–Crippen LogP) is 3.30. The molecule has 27 heavy (non-hydrogen) atoms. The Morgan fingerprint density at radius 3 is 2.85 bits per heavy atom. The highest BCUT2D eigenvalue weighted by Crippen LogP contribution is 2.24. The highest BCUT2D eigenvalue weighted by atomic mass is 35.5. The summed E-state index contributed by atoms with van der Waals surface area (Å²) in [6.45, 7) is 2.62. The van der Waals surface area contributed by atoms with Gasteiger partial charge in [-0.3, -0.25) is 0 Å². The summed E-state index contributed by atoms with van der Waals surface area (Å²) in [6.07, 6.45) is 1.78. The molecular weight excluding hydrogens is 368 g/mol. The maximum Gasteiger partial charge on any atom is 0.259 e. The van der Waals surface area contributed by atoms with Gasteiger partial charge >= 0.3 is 0 Å². The van der Waals surface area contributed by atoms with Crippen molar-refractivity contribution in [1.82, 2.24) is 15.1 Å². The van der Waals surface area contributed by atoms with Crippen molar-refractivity contribution in [3.63, 3.8) is 0 Å². The number of ether oxygens (including phenoxy) is 2. The maximum absolute atomic E-state index is 6.02. The highest BCUT2D eigenvalue weighted by Gasteiger charge is 2.18. The number of pyridine rings is 1. The molecule has 1 unspecified atom stereocenters. The van der Waals surface area contributed by atoms with Crippen LogP contribution in [0.2, 0.25) is 5.02 Å². The third kappa shape index (κ3) is 4.27. The first-order valence-electron chi connectivity index (χ1n) is 8.65. The lowest BCUT2D eigenvalue weighted by Gasteiger charge is -2.28. The van der Waals surface area contributed by atoms with Crippen molar-refractivity contribution in [2.75, 3.05) is 38.3 Å². The Hall–Kier alpha value is -2.48. The largest absolute Gasteiger partial charge is 0.376 e. The van der Waals surface area contributed by atoms with Crippen LogP contribution in [0, 0.1) is 0 Å². The highest BCUT2D eigenvalue weighted by molar-refractivity contribution is 6.30. The summed E-state index contributed by atoms with van der Waals surface area (Å²) in [5.41, 5.74) is 1.56. The third-order valence-electron chi connectivity index (χ3n) is 4.26. The zero-order valence-electron chi connectivity index (χ0n) is 14.8. The van der Waals surface area contributed by atoms with E-state index in [1.165, 1.54) is 0 Å². The van der Waals surface area contributed by atoms with Crippen LogP contribution in [-0.4, -0.2) is 54.6 Å². The number of halogens is 1. The van der Waals surface area contributed by atoms with E-state index in [0.717, 1.165) is 16.9 Å². The van der Waals surface area contributed by atoms with E-state index in [0.29, 0.717) is 43.1 Å². The average Bonchev–Trinajstić information content (AvgIpc) is 3.19. The van der Waals surface area contributed by atoms with E-state index in [4.69, 9.17) is 25.6 Å². The van der Waals surface area contributed by atoms with Gasteiger partial charge in [-0.1, -0.05) is 28.9 Å². The molecule has 1 saturated heterocycles. The zero-order chi connectivity index (χ0) is 18.6. The molecule has 1 atom stereocenters. The number of anilines is 1. The number of hydrogen-bond donors (Lipinski definition) is 0. The van der Waals surface area contributed by atoms with E-state index in [1.807, 2.05) is 36.2 Å². The molecule has 0 spiro atoms. The molecule has 8 heteroatoms. The van der Waals surface area contributed by atoms with Gasteiger partial charge < -0.3 is 18.9 Å². The van der Waals surface area contributed by atoms with Crippen molar-refractivity contribution in [2.45, 2.75) is 6.10 Å². The molecule has 1 fully saturated rings. The Balaban J connectivity index is 1.46. The fraction of sp³-hybridized carbons (Fsp3) is 0.316. The van der Waals surface area contributed by atoms with Gasteiger partial charge in [0.2, 0.25) is 5.82 Å². The summed E-state index contributed by atoms with van der Waals surface area (Å²) in [5, 5.41) is 4.65. The Bertz CT molecular complexity index is 894. The lowest BCUT2D eigenvalue weighted by atomic mass is 10.2. The first kappa shape index (κ1) is 17.9. The van der Waals surface area contributed by atoms with Gasteiger partial charge in [0.15, 0.2) is 0 Å². The van der Waals surface area contributed by atoms with Gasteiger partial charge in [-0.15, -0.1) is 0 Å². The Kier molecular flexibility index (Phi) is 5.33. The van der Waals surface area contributed by atoms with Gasteiger partial charge in [0.1, 0.15) is 5.82 Å². The number of benzene rings is 1. The van der Waals surface area contributed by atoms with E-state index < -0.39 is 0 Å². The van der Waals surface area contributed by atoms with Crippen molar-refractivity contribution < 1.29 is 14.0 Å². The number of likely N-dealkylation sites (N-methyl/N-ethyl adjacent to an activating group) is 1. The van der Waals surface area contributed by atoms with Gasteiger partial charge in [0, 0.05) is 30.4 Å². The van der Waals surface area contributed by atoms with Gasteiger partial charge in [0.05, 0.1) is 31.5 Å². The molecule has 3 heterocycles. The first-order valence-corrected chi connectivity index (χ1v) is 9.03. The molecular formula is C19H19ClN4O3. The molecule has 140 valence electrons. The molecule has 2 aromatic heterocycles. The minimum Gasteiger partial charge on any atom is -0.376 e. The summed E-state index contributed by atoms with van der Waals surface area (Å²) in [4.78, 5) is 11.0. The summed E-state index contributed by atoms with van der Waals surface area (Å²) in [6, 6.07) is 11.2. The summed E-state index contributed by atoms with van der Waals surface area (Å²) in [5.74, 6) is 1.74.